The van der Waals surface area contributed by atoms with Crippen LogP contribution in [0.25, 0.3) is 0 Å². The summed E-state index contributed by atoms with van der Waals surface area (Å²) in [5, 5.41) is 6.10. The van der Waals surface area contributed by atoms with E-state index in [0.717, 1.165) is 18.4 Å². The van der Waals surface area contributed by atoms with Gasteiger partial charge in [-0.1, -0.05) is 13.0 Å². The fraction of sp³-hybridized carbons (Fsp3) is 0.611. The minimum Gasteiger partial charge on any atom is -0.490 e. The van der Waals surface area contributed by atoms with Gasteiger partial charge in [-0.2, -0.15) is 0 Å². The average molecular weight is 386 g/mol. The monoisotopic (exact) mass is 385 g/mol. The van der Waals surface area contributed by atoms with Crippen molar-refractivity contribution in [2.24, 2.45) is 10.9 Å². The fourth-order valence-electron chi connectivity index (χ4n) is 2.35. The summed E-state index contributed by atoms with van der Waals surface area (Å²) in [5.41, 5.74) is 0.755. The first kappa shape index (κ1) is 20.5. The molecule has 0 spiro atoms. The van der Waals surface area contributed by atoms with Crippen LogP contribution in [0.1, 0.15) is 38.3 Å². The van der Waals surface area contributed by atoms with Gasteiger partial charge in [0.05, 0.1) is 18.4 Å². The first-order chi connectivity index (χ1) is 12.3. The Morgan fingerprint density at radius 2 is 2.15 bits per heavy atom. The largest absolute Gasteiger partial charge is 0.490 e. The Hall–Kier alpha value is -1.83. The summed E-state index contributed by atoms with van der Waals surface area (Å²) in [7, 11) is -1.43. The van der Waals surface area contributed by atoms with E-state index in [1.165, 1.54) is 6.07 Å². The third-order valence-electron chi connectivity index (χ3n) is 4.35. The highest BCUT2D eigenvalue weighted by Gasteiger charge is 2.22. The molecule has 2 rings (SSSR count). The Bertz CT molecular complexity index is 733. The van der Waals surface area contributed by atoms with Crippen molar-refractivity contribution in [3.8, 4) is 5.75 Å². The summed E-state index contributed by atoms with van der Waals surface area (Å²) in [4.78, 5) is 4.08. The van der Waals surface area contributed by atoms with E-state index >= 15 is 0 Å². The highest BCUT2D eigenvalue weighted by molar-refractivity contribution is 7.91. The number of rotatable bonds is 9. The van der Waals surface area contributed by atoms with Gasteiger partial charge >= 0.3 is 0 Å². The molecular formula is C18H28FN3O3S. The standard InChI is InChI=1S/C18H28FN3O3S/c1-4-26(23,24)10-9-21-18(20-3)22-13(2)15-7-8-17(16(19)11-15)25-12-14-5-6-14/h7-8,11,13-14H,4-6,9-10,12H2,1-3H3,(H2,20,21,22). The number of nitrogens with zero attached hydrogens (tertiary/aromatic N) is 1. The minimum absolute atomic E-state index is 0.0419. The van der Waals surface area contributed by atoms with Crippen molar-refractivity contribution in [1.29, 1.82) is 0 Å². The van der Waals surface area contributed by atoms with Gasteiger partial charge in [0.25, 0.3) is 0 Å². The second-order valence-corrected chi connectivity index (χ2v) is 9.02. The second-order valence-electron chi connectivity index (χ2n) is 6.55. The maximum absolute atomic E-state index is 14.2. The zero-order valence-electron chi connectivity index (χ0n) is 15.6. The molecule has 2 N–H and O–H groups in total. The van der Waals surface area contributed by atoms with E-state index in [-0.39, 0.29) is 35.7 Å². The molecule has 1 aromatic rings. The van der Waals surface area contributed by atoms with Crippen LogP contribution in [0.3, 0.4) is 0 Å². The molecule has 1 aliphatic rings. The van der Waals surface area contributed by atoms with E-state index < -0.39 is 9.84 Å². The number of hydrogen-bond acceptors (Lipinski definition) is 4. The highest BCUT2D eigenvalue weighted by atomic mass is 32.2. The van der Waals surface area contributed by atoms with Gasteiger partial charge < -0.3 is 15.4 Å². The van der Waals surface area contributed by atoms with Crippen LogP contribution in [0.4, 0.5) is 4.39 Å². The van der Waals surface area contributed by atoms with Crippen LogP contribution in [0.2, 0.25) is 0 Å². The van der Waals surface area contributed by atoms with E-state index in [4.69, 9.17) is 4.74 Å². The number of hydrogen-bond donors (Lipinski definition) is 2. The topological polar surface area (TPSA) is 79.8 Å². The van der Waals surface area contributed by atoms with Crippen molar-refractivity contribution in [3.05, 3.63) is 29.6 Å². The normalized spacial score (nSPS) is 16.2. The van der Waals surface area contributed by atoms with Crippen molar-refractivity contribution in [2.45, 2.75) is 32.7 Å². The van der Waals surface area contributed by atoms with Crippen LogP contribution in [0.5, 0.6) is 5.75 Å². The SMILES string of the molecule is CCS(=O)(=O)CCNC(=NC)NC(C)c1ccc(OCC2CC2)c(F)c1. The molecule has 0 aliphatic heterocycles. The second kappa shape index (κ2) is 9.21. The lowest BCUT2D eigenvalue weighted by Crippen LogP contribution is -2.40. The Labute approximate surface area is 155 Å². The molecule has 0 amide bonds. The van der Waals surface area contributed by atoms with Crippen molar-refractivity contribution in [2.75, 3.05) is 31.7 Å². The zero-order valence-corrected chi connectivity index (χ0v) is 16.4. The van der Waals surface area contributed by atoms with Gasteiger partial charge in [0, 0.05) is 19.3 Å². The van der Waals surface area contributed by atoms with Crippen LogP contribution >= 0.6 is 0 Å². The Morgan fingerprint density at radius 1 is 1.42 bits per heavy atom. The summed E-state index contributed by atoms with van der Waals surface area (Å²) in [6.07, 6.45) is 2.32. The number of benzene rings is 1. The first-order valence-corrected chi connectivity index (χ1v) is 10.8. The fourth-order valence-corrected chi connectivity index (χ4v) is 3.05. The number of nitrogens with one attached hydrogen (secondary N) is 2. The molecular weight excluding hydrogens is 357 g/mol. The molecule has 26 heavy (non-hydrogen) atoms. The number of aliphatic imine (C=N–C) groups is 1. The smallest absolute Gasteiger partial charge is 0.191 e. The van der Waals surface area contributed by atoms with Gasteiger partial charge in [-0.05, 0) is 43.4 Å². The van der Waals surface area contributed by atoms with Gasteiger partial charge in [0.2, 0.25) is 0 Å². The molecule has 1 saturated carbocycles. The zero-order chi connectivity index (χ0) is 19.2. The first-order valence-electron chi connectivity index (χ1n) is 8.94. The third kappa shape index (κ3) is 6.48. The van der Waals surface area contributed by atoms with Crippen LogP contribution in [0, 0.1) is 11.7 Å². The Kier molecular flexibility index (Phi) is 7.25. The highest BCUT2D eigenvalue weighted by Crippen LogP contribution is 2.30. The van der Waals surface area contributed by atoms with Crippen molar-refractivity contribution in [3.63, 3.8) is 0 Å². The van der Waals surface area contributed by atoms with Gasteiger partial charge in [0.1, 0.15) is 0 Å². The average Bonchev–Trinajstić information content (AvgIpc) is 3.43. The van der Waals surface area contributed by atoms with E-state index in [1.807, 2.05) is 13.0 Å². The molecule has 6 nitrogen and oxygen atoms in total. The van der Waals surface area contributed by atoms with Crippen molar-refractivity contribution >= 4 is 15.8 Å². The Morgan fingerprint density at radius 3 is 2.73 bits per heavy atom. The summed E-state index contributed by atoms with van der Waals surface area (Å²) >= 11 is 0. The molecule has 1 atom stereocenters. The maximum Gasteiger partial charge on any atom is 0.191 e. The lowest BCUT2D eigenvalue weighted by atomic mass is 10.1. The van der Waals surface area contributed by atoms with Crippen LogP contribution in [-0.2, 0) is 9.84 Å². The molecule has 1 aliphatic carbocycles. The summed E-state index contributed by atoms with van der Waals surface area (Å²) in [6, 6.07) is 4.72. The molecule has 1 unspecified atom stereocenters. The van der Waals surface area contributed by atoms with Gasteiger partial charge in [-0.3, -0.25) is 4.99 Å². The van der Waals surface area contributed by atoms with Crippen molar-refractivity contribution < 1.29 is 17.5 Å². The molecule has 1 fully saturated rings. The molecule has 0 heterocycles. The van der Waals surface area contributed by atoms with Gasteiger partial charge in [-0.25, -0.2) is 12.8 Å². The molecule has 8 heteroatoms. The summed E-state index contributed by atoms with van der Waals surface area (Å²) in [5.74, 6) is 1.10. The predicted molar refractivity (Wildman–Crippen MR) is 102 cm³/mol. The van der Waals surface area contributed by atoms with Gasteiger partial charge in [-0.15, -0.1) is 0 Å². The molecule has 0 bridgehead atoms. The molecule has 0 radical (unpaired) electrons. The summed E-state index contributed by atoms with van der Waals surface area (Å²) in [6.45, 7) is 4.35. The van der Waals surface area contributed by atoms with E-state index in [2.05, 4.69) is 15.6 Å². The summed E-state index contributed by atoms with van der Waals surface area (Å²) < 4.78 is 42.8. The lowest BCUT2D eigenvalue weighted by Gasteiger charge is -2.19. The molecule has 146 valence electrons. The number of sulfone groups is 1. The van der Waals surface area contributed by atoms with Gasteiger partial charge in [0.15, 0.2) is 27.4 Å². The number of guanidine groups is 1. The van der Waals surface area contributed by atoms with Crippen LogP contribution < -0.4 is 15.4 Å². The lowest BCUT2D eigenvalue weighted by molar-refractivity contribution is 0.285. The molecule has 0 saturated heterocycles. The quantitative estimate of drug-likeness (QED) is 0.504. The minimum atomic E-state index is -3.03. The van der Waals surface area contributed by atoms with Crippen LogP contribution in [-0.4, -0.2) is 46.1 Å². The molecule has 1 aromatic carbocycles. The predicted octanol–water partition coefficient (Wildman–Crippen LogP) is 2.28. The van der Waals surface area contributed by atoms with E-state index in [1.54, 1.807) is 20.0 Å². The third-order valence-corrected chi connectivity index (χ3v) is 6.06. The number of ether oxygens (including phenoxy) is 1. The number of halogens is 1. The van der Waals surface area contributed by atoms with Crippen LogP contribution in [0.15, 0.2) is 23.2 Å². The molecule has 0 aromatic heterocycles. The maximum atomic E-state index is 14.2. The Balaban J connectivity index is 1.88. The van der Waals surface area contributed by atoms with E-state index in [9.17, 15) is 12.8 Å². The van der Waals surface area contributed by atoms with Crippen molar-refractivity contribution in [1.82, 2.24) is 10.6 Å². The van der Waals surface area contributed by atoms with E-state index in [0.29, 0.717) is 18.5 Å².